The lowest BCUT2D eigenvalue weighted by Crippen LogP contribution is -2.40. The Hall–Kier alpha value is -4.28. The van der Waals surface area contributed by atoms with Gasteiger partial charge in [0.15, 0.2) is 4.80 Å². The van der Waals surface area contributed by atoms with E-state index in [0.29, 0.717) is 42.7 Å². The van der Waals surface area contributed by atoms with Crippen molar-refractivity contribution in [2.24, 2.45) is 4.99 Å². The molecular weight excluding hydrogens is 542 g/mol. The Morgan fingerprint density at radius 2 is 1.90 bits per heavy atom. The molecule has 2 aromatic carbocycles. The Balaban J connectivity index is 1.63. The van der Waals surface area contributed by atoms with Gasteiger partial charge in [-0.25, -0.2) is 9.79 Å². The number of para-hydroxylation sites is 1. The maximum Gasteiger partial charge on any atom is 0.338 e. The lowest BCUT2D eigenvalue weighted by molar-refractivity contribution is -0.384. The number of ether oxygens (including phenoxy) is 1. The van der Waals surface area contributed by atoms with Crippen molar-refractivity contribution in [3.63, 3.8) is 0 Å². The zero-order valence-corrected chi connectivity index (χ0v) is 22.7. The van der Waals surface area contributed by atoms with Gasteiger partial charge in [0, 0.05) is 17.2 Å². The molecule has 1 unspecified atom stereocenters. The monoisotopic (exact) mass is 563 g/mol. The topological polar surface area (TPSA) is 117 Å². The lowest BCUT2D eigenvalue weighted by atomic mass is 9.96. The fraction of sp³-hybridized carbons (Fsp3) is 0.179. The number of furan rings is 1. The molecule has 39 heavy (non-hydrogen) atoms. The van der Waals surface area contributed by atoms with Gasteiger partial charge in [-0.2, -0.15) is 0 Å². The molecule has 4 aromatic rings. The molecule has 0 saturated heterocycles. The molecule has 1 aliphatic heterocycles. The first-order valence-corrected chi connectivity index (χ1v) is 13.2. The van der Waals surface area contributed by atoms with Crippen LogP contribution < -0.4 is 14.9 Å². The molecule has 9 nitrogen and oxygen atoms in total. The molecule has 0 bridgehead atoms. The van der Waals surface area contributed by atoms with Gasteiger partial charge in [-0.1, -0.05) is 47.2 Å². The van der Waals surface area contributed by atoms with Crippen molar-refractivity contribution in [2.75, 3.05) is 0 Å². The van der Waals surface area contributed by atoms with Crippen LogP contribution in [0.15, 0.2) is 86.1 Å². The number of thiazole rings is 1. The third kappa shape index (κ3) is 5.08. The number of benzene rings is 2. The Bertz CT molecular complexity index is 1810. The molecule has 5 rings (SSSR count). The smallest absolute Gasteiger partial charge is 0.338 e. The summed E-state index contributed by atoms with van der Waals surface area (Å²) in [6.45, 7) is 5.21. The number of esters is 1. The van der Waals surface area contributed by atoms with Crippen LogP contribution in [-0.4, -0.2) is 21.6 Å². The number of aromatic nitrogens is 1. The van der Waals surface area contributed by atoms with Crippen LogP contribution in [0.1, 0.15) is 38.1 Å². The van der Waals surface area contributed by atoms with E-state index in [1.165, 1.54) is 10.6 Å². The van der Waals surface area contributed by atoms with Gasteiger partial charge in [0.05, 0.1) is 38.4 Å². The highest BCUT2D eigenvalue weighted by atomic mass is 35.5. The van der Waals surface area contributed by atoms with Crippen LogP contribution in [-0.2, 0) is 9.53 Å². The minimum Gasteiger partial charge on any atom is -0.459 e. The van der Waals surface area contributed by atoms with Crippen molar-refractivity contribution < 1.29 is 18.9 Å². The standard InChI is InChI=1S/C28H22ClN3O6S/c1-15(2)37-27(34)24-16(3)30-28-31(25(24)17-8-10-18(29)11-9-17)26(33)23(39-28)14-19-12-13-22(38-19)20-6-4-5-7-21(20)32(35)36/h4-15,25H,1-3H3. The van der Waals surface area contributed by atoms with Crippen LogP contribution in [0.4, 0.5) is 5.69 Å². The average molecular weight is 564 g/mol. The molecule has 0 radical (unpaired) electrons. The van der Waals surface area contributed by atoms with Gasteiger partial charge in [-0.15, -0.1) is 0 Å². The largest absolute Gasteiger partial charge is 0.459 e. The summed E-state index contributed by atoms with van der Waals surface area (Å²) in [5, 5.41) is 12.0. The second-order valence-electron chi connectivity index (χ2n) is 9.06. The van der Waals surface area contributed by atoms with E-state index in [0.717, 1.165) is 11.3 Å². The third-order valence-electron chi connectivity index (χ3n) is 6.04. The maximum atomic E-state index is 13.7. The van der Waals surface area contributed by atoms with Crippen molar-refractivity contribution >= 4 is 40.7 Å². The van der Waals surface area contributed by atoms with Gasteiger partial charge in [-0.3, -0.25) is 19.5 Å². The van der Waals surface area contributed by atoms with Crippen LogP contribution in [0.5, 0.6) is 0 Å². The van der Waals surface area contributed by atoms with Gasteiger partial charge in [0.25, 0.3) is 11.2 Å². The molecule has 0 spiro atoms. The van der Waals surface area contributed by atoms with E-state index in [1.807, 2.05) is 0 Å². The second kappa shape index (κ2) is 10.5. The van der Waals surface area contributed by atoms with Crippen LogP contribution in [0.2, 0.25) is 5.02 Å². The summed E-state index contributed by atoms with van der Waals surface area (Å²) in [5.74, 6) is 0.0853. The van der Waals surface area contributed by atoms with E-state index in [-0.39, 0.29) is 22.9 Å². The predicted octanol–water partition coefficient (Wildman–Crippen LogP) is 5.01. The number of nitro benzene ring substituents is 1. The third-order valence-corrected chi connectivity index (χ3v) is 7.27. The minimum atomic E-state index is -0.772. The quantitative estimate of drug-likeness (QED) is 0.185. The van der Waals surface area contributed by atoms with Crippen molar-refractivity contribution in [1.29, 1.82) is 0 Å². The SMILES string of the molecule is CC1=C(C(=O)OC(C)C)C(c2ccc(Cl)cc2)n2c(sc(=Cc3ccc(-c4ccccc4[N+](=O)[O-])o3)c2=O)=N1. The number of nitrogens with zero attached hydrogens (tertiary/aromatic N) is 3. The number of hydrogen-bond acceptors (Lipinski definition) is 8. The van der Waals surface area contributed by atoms with Crippen molar-refractivity contribution in [2.45, 2.75) is 32.9 Å². The summed E-state index contributed by atoms with van der Waals surface area (Å²) in [5.41, 5.74) is 1.26. The molecule has 0 aliphatic carbocycles. The molecule has 0 amide bonds. The number of carbonyl (C=O) groups is 1. The summed E-state index contributed by atoms with van der Waals surface area (Å²) in [6, 6.07) is 15.7. The molecule has 3 heterocycles. The molecule has 0 N–H and O–H groups in total. The van der Waals surface area contributed by atoms with Gasteiger partial charge in [0.2, 0.25) is 0 Å². The van der Waals surface area contributed by atoms with E-state index in [2.05, 4.69) is 4.99 Å². The summed E-state index contributed by atoms with van der Waals surface area (Å²) in [6.07, 6.45) is 1.20. The fourth-order valence-corrected chi connectivity index (χ4v) is 5.52. The highest BCUT2D eigenvalue weighted by Gasteiger charge is 2.33. The lowest BCUT2D eigenvalue weighted by Gasteiger charge is -2.25. The van der Waals surface area contributed by atoms with Gasteiger partial charge >= 0.3 is 5.97 Å². The van der Waals surface area contributed by atoms with Crippen LogP contribution >= 0.6 is 22.9 Å². The molecule has 2 aromatic heterocycles. The highest BCUT2D eigenvalue weighted by molar-refractivity contribution is 7.07. The maximum absolute atomic E-state index is 13.7. The van der Waals surface area contributed by atoms with Crippen LogP contribution in [0, 0.1) is 10.1 Å². The summed E-state index contributed by atoms with van der Waals surface area (Å²) >= 11 is 7.26. The van der Waals surface area contributed by atoms with E-state index in [1.54, 1.807) is 81.4 Å². The molecule has 1 atom stereocenters. The number of fused-ring (bicyclic) bond motifs is 1. The van der Waals surface area contributed by atoms with Crippen LogP contribution in [0.3, 0.4) is 0 Å². The Morgan fingerprint density at radius 3 is 2.59 bits per heavy atom. The zero-order chi connectivity index (χ0) is 27.8. The van der Waals surface area contributed by atoms with Crippen molar-refractivity contribution in [3.8, 4) is 11.3 Å². The first kappa shape index (κ1) is 26.3. The number of rotatable bonds is 6. The highest BCUT2D eigenvalue weighted by Crippen LogP contribution is 2.32. The fourth-order valence-electron chi connectivity index (χ4n) is 4.37. The molecule has 0 fully saturated rings. The first-order chi connectivity index (χ1) is 18.6. The molecule has 198 valence electrons. The van der Waals surface area contributed by atoms with E-state index < -0.39 is 16.9 Å². The predicted molar refractivity (Wildman–Crippen MR) is 147 cm³/mol. The number of halogens is 1. The number of nitro groups is 1. The van der Waals surface area contributed by atoms with E-state index >= 15 is 0 Å². The van der Waals surface area contributed by atoms with Gasteiger partial charge in [0.1, 0.15) is 11.5 Å². The normalized spacial score (nSPS) is 15.3. The summed E-state index contributed by atoms with van der Waals surface area (Å²) < 4.78 is 13.2. The average Bonchev–Trinajstić information content (AvgIpc) is 3.47. The van der Waals surface area contributed by atoms with E-state index in [4.69, 9.17) is 20.8 Å². The number of allylic oxidation sites excluding steroid dienone is 1. The Morgan fingerprint density at radius 1 is 1.18 bits per heavy atom. The zero-order valence-electron chi connectivity index (χ0n) is 21.1. The van der Waals surface area contributed by atoms with Gasteiger partial charge in [-0.05, 0) is 56.7 Å². The number of carbonyl (C=O) groups excluding carboxylic acids is 1. The van der Waals surface area contributed by atoms with Crippen molar-refractivity contribution in [1.82, 2.24) is 4.57 Å². The summed E-state index contributed by atoms with van der Waals surface area (Å²) in [4.78, 5) is 42.8. The number of hydrogen-bond donors (Lipinski definition) is 0. The Labute approximate surface area is 231 Å². The van der Waals surface area contributed by atoms with E-state index in [9.17, 15) is 19.7 Å². The van der Waals surface area contributed by atoms with Gasteiger partial charge < -0.3 is 9.15 Å². The first-order valence-electron chi connectivity index (χ1n) is 12.0. The summed E-state index contributed by atoms with van der Waals surface area (Å²) in [7, 11) is 0. The molecule has 11 heteroatoms. The van der Waals surface area contributed by atoms with Crippen molar-refractivity contribution in [3.05, 3.63) is 118 Å². The molecule has 1 aliphatic rings. The molecular formula is C28H22ClN3O6S. The minimum absolute atomic E-state index is 0.0861. The second-order valence-corrected chi connectivity index (χ2v) is 10.5. The Kier molecular flexibility index (Phi) is 7.07. The molecule has 0 saturated carbocycles. The van der Waals surface area contributed by atoms with Crippen LogP contribution in [0.25, 0.3) is 17.4 Å².